The summed E-state index contributed by atoms with van der Waals surface area (Å²) < 4.78 is 2.02. The molecule has 0 aliphatic heterocycles. The zero-order valence-corrected chi connectivity index (χ0v) is 20.1. The zero-order valence-electron chi connectivity index (χ0n) is 19.3. The Kier molecular flexibility index (Phi) is 6.45. The fourth-order valence-electron chi connectivity index (χ4n) is 4.46. The number of nitrogens with zero attached hydrogens (tertiary/aromatic N) is 4. The van der Waals surface area contributed by atoms with Crippen molar-refractivity contribution in [2.75, 3.05) is 0 Å². The lowest BCUT2D eigenvalue weighted by Crippen LogP contribution is -2.36. The fraction of sp³-hybridized carbons (Fsp3) is 0.259. The third-order valence-corrected chi connectivity index (χ3v) is 7.29. The van der Waals surface area contributed by atoms with E-state index in [-0.39, 0.29) is 17.2 Å². The molecule has 0 spiro atoms. The van der Waals surface area contributed by atoms with Gasteiger partial charge in [-0.1, -0.05) is 54.2 Å². The molecule has 2 aromatic carbocycles. The number of thioether (sulfide) groups is 1. The van der Waals surface area contributed by atoms with Gasteiger partial charge in [-0.2, -0.15) is 0 Å². The third kappa shape index (κ3) is 4.48. The van der Waals surface area contributed by atoms with Crippen LogP contribution < -0.4 is 5.32 Å². The highest BCUT2D eigenvalue weighted by atomic mass is 32.2. The molecule has 1 aliphatic rings. The van der Waals surface area contributed by atoms with Crippen LogP contribution in [0.2, 0.25) is 0 Å². The number of aromatic nitrogens is 4. The van der Waals surface area contributed by atoms with E-state index < -0.39 is 0 Å². The number of aryl methyl sites for hydroxylation is 2. The Bertz CT molecular complexity index is 1300. The summed E-state index contributed by atoms with van der Waals surface area (Å²) in [4.78, 5) is 17.5. The van der Waals surface area contributed by atoms with Crippen molar-refractivity contribution in [1.29, 1.82) is 0 Å². The second kappa shape index (κ2) is 9.81. The molecular weight excluding hydrogens is 442 g/mol. The van der Waals surface area contributed by atoms with Gasteiger partial charge in [0.05, 0.1) is 17.0 Å². The molecule has 172 valence electrons. The largest absolute Gasteiger partial charge is 0.348 e. The molecule has 2 atom stereocenters. The molecule has 0 saturated heterocycles. The molecule has 6 nitrogen and oxygen atoms in total. The van der Waals surface area contributed by atoms with Gasteiger partial charge in [0.1, 0.15) is 0 Å². The van der Waals surface area contributed by atoms with Crippen molar-refractivity contribution in [2.24, 2.45) is 0 Å². The van der Waals surface area contributed by atoms with Gasteiger partial charge in [0.25, 0.3) is 0 Å². The number of amides is 1. The smallest absolute Gasteiger partial charge is 0.233 e. The van der Waals surface area contributed by atoms with Crippen LogP contribution in [0, 0.1) is 6.92 Å². The number of benzene rings is 2. The summed E-state index contributed by atoms with van der Waals surface area (Å²) in [7, 11) is 0. The van der Waals surface area contributed by atoms with Crippen LogP contribution in [0.4, 0.5) is 0 Å². The first kappa shape index (κ1) is 22.3. The van der Waals surface area contributed by atoms with Crippen molar-refractivity contribution in [3.63, 3.8) is 0 Å². The number of fused-ring (bicyclic) bond motifs is 1. The highest BCUT2D eigenvalue weighted by Gasteiger charge is 2.26. The maximum absolute atomic E-state index is 13.2. The number of para-hydroxylation sites is 1. The SMILES string of the molecule is Cc1ccccc1-n1c(S[C@@H](C)C(=O)N[C@H]2CCCc3ccccc32)nnc1-c1cccnc1. The number of pyridine rings is 1. The Hall–Kier alpha value is -3.45. The van der Waals surface area contributed by atoms with E-state index in [9.17, 15) is 4.79 Å². The number of rotatable bonds is 6. The van der Waals surface area contributed by atoms with Crippen LogP contribution in [-0.2, 0) is 11.2 Å². The summed E-state index contributed by atoms with van der Waals surface area (Å²) in [6.07, 6.45) is 6.64. The van der Waals surface area contributed by atoms with Crippen molar-refractivity contribution in [2.45, 2.75) is 49.6 Å². The maximum atomic E-state index is 13.2. The number of carbonyl (C=O) groups is 1. The van der Waals surface area contributed by atoms with Crippen molar-refractivity contribution in [3.8, 4) is 17.1 Å². The van der Waals surface area contributed by atoms with Crippen LogP contribution in [0.1, 0.15) is 42.5 Å². The van der Waals surface area contributed by atoms with Gasteiger partial charge in [-0.05, 0) is 68.0 Å². The predicted molar refractivity (Wildman–Crippen MR) is 135 cm³/mol. The molecule has 1 amide bonds. The Morgan fingerprint density at radius 1 is 1.09 bits per heavy atom. The molecule has 2 heterocycles. The van der Waals surface area contributed by atoms with Gasteiger partial charge in [0.2, 0.25) is 5.91 Å². The van der Waals surface area contributed by atoms with Crippen LogP contribution in [0.15, 0.2) is 78.2 Å². The Balaban J connectivity index is 1.42. The van der Waals surface area contributed by atoms with Crippen LogP contribution in [0.25, 0.3) is 17.1 Å². The average molecular weight is 470 g/mol. The molecule has 0 bridgehead atoms. The molecule has 7 heteroatoms. The average Bonchev–Trinajstić information content (AvgIpc) is 3.28. The van der Waals surface area contributed by atoms with E-state index in [4.69, 9.17) is 0 Å². The molecule has 0 unspecified atom stereocenters. The fourth-order valence-corrected chi connectivity index (χ4v) is 5.33. The monoisotopic (exact) mass is 469 g/mol. The summed E-state index contributed by atoms with van der Waals surface area (Å²) >= 11 is 1.42. The lowest BCUT2D eigenvalue weighted by Gasteiger charge is -2.27. The summed E-state index contributed by atoms with van der Waals surface area (Å²) in [5.41, 5.74) is 5.54. The van der Waals surface area contributed by atoms with Crippen LogP contribution in [0.5, 0.6) is 0 Å². The lowest BCUT2D eigenvalue weighted by molar-refractivity contribution is -0.121. The first-order valence-electron chi connectivity index (χ1n) is 11.6. The van der Waals surface area contributed by atoms with E-state index in [2.05, 4.69) is 51.7 Å². The first-order valence-corrected chi connectivity index (χ1v) is 12.5. The van der Waals surface area contributed by atoms with Gasteiger partial charge < -0.3 is 5.32 Å². The molecule has 1 aliphatic carbocycles. The topological polar surface area (TPSA) is 72.7 Å². The Labute approximate surface area is 203 Å². The zero-order chi connectivity index (χ0) is 23.5. The number of hydrogen-bond acceptors (Lipinski definition) is 5. The Morgan fingerprint density at radius 2 is 1.91 bits per heavy atom. The molecule has 1 N–H and O–H groups in total. The standard InChI is InChI=1S/C27H27N5OS/c1-18-9-3-6-15-24(18)32-25(21-12-8-16-28-17-21)30-31-27(32)34-19(2)26(33)29-23-14-7-11-20-10-4-5-13-22(20)23/h3-6,8-10,12-13,15-17,19,23H,7,11,14H2,1-2H3,(H,29,33)/t19-,23-/m0/s1. The number of carbonyl (C=O) groups excluding carboxylic acids is 1. The molecule has 0 fully saturated rings. The molecule has 4 aromatic rings. The van der Waals surface area contributed by atoms with Crippen LogP contribution in [0.3, 0.4) is 0 Å². The van der Waals surface area contributed by atoms with E-state index in [0.717, 1.165) is 36.1 Å². The summed E-state index contributed by atoms with van der Waals surface area (Å²) in [6.45, 7) is 3.99. The highest BCUT2D eigenvalue weighted by Crippen LogP contribution is 2.33. The maximum Gasteiger partial charge on any atom is 0.233 e. The quantitative estimate of drug-likeness (QED) is 0.387. The van der Waals surface area contributed by atoms with E-state index in [1.165, 1.54) is 22.9 Å². The molecule has 34 heavy (non-hydrogen) atoms. The minimum atomic E-state index is -0.331. The van der Waals surface area contributed by atoms with Gasteiger partial charge >= 0.3 is 0 Å². The minimum Gasteiger partial charge on any atom is -0.348 e. The molecule has 0 saturated carbocycles. The third-order valence-electron chi connectivity index (χ3n) is 6.25. The van der Waals surface area contributed by atoms with E-state index in [1.54, 1.807) is 12.4 Å². The first-order chi connectivity index (χ1) is 16.6. The normalized spacial score (nSPS) is 16.0. The lowest BCUT2D eigenvalue weighted by atomic mass is 9.88. The van der Waals surface area contributed by atoms with Gasteiger partial charge in [0.15, 0.2) is 11.0 Å². The minimum absolute atomic E-state index is 0.00830. The summed E-state index contributed by atoms with van der Waals surface area (Å²) in [5, 5.41) is 12.6. The van der Waals surface area contributed by atoms with Crippen LogP contribution >= 0.6 is 11.8 Å². The van der Waals surface area contributed by atoms with Crippen molar-refractivity contribution in [1.82, 2.24) is 25.1 Å². The summed E-state index contributed by atoms with van der Waals surface area (Å²) in [6, 6.07) is 20.4. The van der Waals surface area contributed by atoms with Gasteiger partial charge in [-0.25, -0.2) is 0 Å². The van der Waals surface area contributed by atoms with Crippen molar-refractivity contribution in [3.05, 3.63) is 89.7 Å². The van der Waals surface area contributed by atoms with E-state index in [0.29, 0.717) is 11.0 Å². The molecule has 5 rings (SSSR count). The van der Waals surface area contributed by atoms with Gasteiger partial charge in [-0.15, -0.1) is 10.2 Å². The second-order valence-corrected chi connectivity index (χ2v) is 9.89. The van der Waals surface area contributed by atoms with Gasteiger partial charge in [-0.3, -0.25) is 14.3 Å². The van der Waals surface area contributed by atoms with Crippen molar-refractivity contribution >= 4 is 17.7 Å². The number of hydrogen-bond donors (Lipinski definition) is 1. The van der Waals surface area contributed by atoms with E-state index in [1.807, 2.05) is 47.9 Å². The molecule has 0 radical (unpaired) electrons. The highest BCUT2D eigenvalue weighted by molar-refractivity contribution is 8.00. The van der Waals surface area contributed by atoms with Crippen molar-refractivity contribution < 1.29 is 4.79 Å². The molecule has 2 aromatic heterocycles. The summed E-state index contributed by atoms with van der Waals surface area (Å²) in [5.74, 6) is 0.715. The predicted octanol–water partition coefficient (Wildman–Crippen LogP) is 5.31. The van der Waals surface area contributed by atoms with Crippen LogP contribution in [-0.4, -0.2) is 30.9 Å². The number of nitrogens with one attached hydrogen (secondary N) is 1. The van der Waals surface area contributed by atoms with Gasteiger partial charge in [0, 0.05) is 18.0 Å². The Morgan fingerprint density at radius 3 is 2.74 bits per heavy atom. The molecular formula is C27H27N5OS. The van der Waals surface area contributed by atoms with E-state index >= 15 is 0 Å². The second-order valence-electron chi connectivity index (χ2n) is 8.58.